The Bertz CT molecular complexity index is 1450. The van der Waals surface area contributed by atoms with Crippen molar-refractivity contribution in [3.8, 4) is 0 Å². The number of alkyl halides is 2. The summed E-state index contributed by atoms with van der Waals surface area (Å²) in [5, 5.41) is 15.0. The van der Waals surface area contributed by atoms with Crippen LogP contribution in [-0.4, -0.2) is 89.0 Å². The third kappa shape index (κ3) is 6.20. The lowest BCUT2D eigenvalue weighted by Gasteiger charge is -2.32. The van der Waals surface area contributed by atoms with Crippen molar-refractivity contribution < 1.29 is 32.6 Å². The van der Waals surface area contributed by atoms with E-state index >= 15 is 8.78 Å². The summed E-state index contributed by atoms with van der Waals surface area (Å²) in [4.78, 5) is 37.8. The smallest absolute Gasteiger partial charge is 0.338 e. The second-order valence-electron chi connectivity index (χ2n) is 11.9. The van der Waals surface area contributed by atoms with E-state index in [2.05, 4.69) is 10.3 Å². The molecule has 2 N–H and O–H groups in total. The zero-order valence-corrected chi connectivity index (χ0v) is 25.4. The molecule has 13 heteroatoms. The maximum absolute atomic E-state index is 15.4. The van der Waals surface area contributed by atoms with Crippen LogP contribution in [0.4, 0.5) is 13.2 Å². The van der Waals surface area contributed by atoms with Gasteiger partial charge in [-0.15, -0.1) is 11.3 Å². The van der Waals surface area contributed by atoms with Gasteiger partial charge in [0.25, 0.3) is 5.92 Å². The van der Waals surface area contributed by atoms with E-state index in [4.69, 9.17) is 9.73 Å². The van der Waals surface area contributed by atoms with Crippen LogP contribution in [0.15, 0.2) is 46.0 Å². The summed E-state index contributed by atoms with van der Waals surface area (Å²) in [5.41, 5.74) is 0.311. The van der Waals surface area contributed by atoms with Gasteiger partial charge in [0.15, 0.2) is 10.8 Å². The summed E-state index contributed by atoms with van der Waals surface area (Å²) >= 11 is 1.32. The van der Waals surface area contributed by atoms with Crippen LogP contribution in [0.5, 0.6) is 0 Å². The highest BCUT2D eigenvalue weighted by Gasteiger charge is 2.58. The number of amidine groups is 1. The fourth-order valence-electron chi connectivity index (χ4n) is 6.02. The number of carboxylic acids is 1. The molecule has 0 saturated carbocycles. The largest absolute Gasteiger partial charge is 0.481 e. The highest BCUT2D eigenvalue weighted by atomic mass is 32.1. The molecule has 0 spiro atoms. The number of hydrogen-bond acceptors (Lipinski definition) is 9. The molecule has 0 unspecified atom stereocenters. The average Bonchev–Trinajstić information content (AvgIpc) is 3.68. The highest BCUT2D eigenvalue weighted by molar-refractivity contribution is 7.11. The van der Waals surface area contributed by atoms with Crippen molar-refractivity contribution in [3.63, 3.8) is 0 Å². The number of likely N-dealkylation sites (tertiary alicyclic amines) is 2. The number of hydrogen-bond donors (Lipinski definition) is 2. The fraction of sp³-hybridized carbons (Fsp3) is 0.533. The van der Waals surface area contributed by atoms with Gasteiger partial charge in [0.2, 0.25) is 0 Å². The molecule has 1 aromatic heterocycles. The van der Waals surface area contributed by atoms with Crippen LogP contribution in [0, 0.1) is 24.1 Å². The molecule has 9 nitrogen and oxygen atoms in total. The number of halogens is 3. The zero-order chi connectivity index (χ0) is 31.1. The lowest BCUT2D eigenvalue weighted by Crippen LogP contribution is -2.43. The number of aromatic nitrogens is 1. The molecule has 43 heavy (non-hydrogen) atoms. The van der Waals surface area contributed by atoms with Crippen molar-refractivity contribution >= 4 is 29.1 Å². The van der Waals surface area contributed by atoms with E-state index in [1.807, 2.05) is 4.90 Å². The third-order valence-electron chi connectivity index (χ3n) is 8.64. The predicted octanol–water partition coefficient (Wildman–Crippen LogP) is 4.25. The van der Waals surface area contributed by atoms with Gasteiger partial charge < -0.3 is 20.1 Å². The summed E-state index contributed by atoms with van der Waals surface area (Å²) in [7, 11) is 0. The van der Waals surface area contributed by atoms with Crippen molar-refractivity contribution in [2.75, 3.05) is 39.3 Å². The zero-order valence-electron chi connectivity index (χ0n) is 24.6. The van der Waals surface area contributed by atoms with Gasteiger partial charge in [0, 0.05) is 43.0 Å². The minimum Gasteiger partial charge on any atom is -0.481 e. The van der Waals surface area contributed by atoms with Crippen LogP contribution in [0.3, 0.4) is 0 Å². The molecule has 0 bridgehead atoms. The molecule has 2 aromatic rings. The van der Waals surface area contributed by atoms with Crippen LogP contribution < -0.4 is 5.32 Å². The van der Waals surface area contributed by atoms with Crippen molar-refractivity contribution in [3.05, 3.63) is 63.0 Å². The van der Waals surface area contributed by atoms with Crippen LogP contribution in [0.1, 0.15) is 49.4 Å². The van der Waals surface area contributed by atoms with Gasteiger partial charge in [0.05, 0.1) is 30.1 Å². The molecule has 1 aromatic carbocycles. The van der Waals surface area contributed by atoms with E-state index in [1.165, 1.54) is 17.4 Å². The van der Waals surface area contributed by atoms with Crippen molar-refractivity contribution in [1.82, 2.24) is 20.1 Å². The second-order valence-corrected chi connectivity index (χ2v) is 12.8. The number of aliphatic carboxylic acids is 1. The first-order valence-corrected chi connectivity index (χ1v) is 15.2. The number of benzene rings is 1. The average molecular weight is 620 g/mol. The summed E-state index contributed by atoms with van der Waals surface area (Å²) < 4.78 is 51.0. The number of esters is 1. The summed E-state index contributed by atoms with van der Waals surface area (Å²) in [6.45, 7) is 6.99. The standard InChI is InChI=1S/C30H36F3N5O4S/c1-5-42-27(39)23-21(35-25(26-34-10-12-43-26)36-24(23)18-7-6-8-20(31)17(18)2)14-38-16-30(32,33)19-13-37(15-22(19)38)11-9-29(3,4)28(40)41/h6-8,10,12,19,22,24H,5,9,11,13-16H2,1-4H3,(H,35,36)(H,40,41)/t19-,22+,24-/m0/s1. The monoisotopic (exact) mass is 619 g/mol. The van der Waals surface area contributed by atoms with E-state index in [9.17, 15) is 19.1 Å². The van der Waals surface area contributed by atoms with Gasteiger partial charge in [-0.05, 0) is 57.9 Å². The topological polar surface area (TPSA) is 107 Å². The number of fused-ring (bicyclic) bond motifs is 1. The van der Waals surface area contributed by atoms with Crippen LogP contribution in [0.2, 0.25) is 0 Å². The number of nitrogens with one attached hydrogen (secondary N) is 1. The first-order chi connectivity index (χ1) is 20.3. The van der Waals surface area contributed by atoms with Crippen LogP contribution in [0.25, 0.3) is 0 Å². The van der Waals surface area contributed by atoms with Gasteiger partial charge in [-0.3, -0.25) is 14.7 Å². The summed E-state index contributed by atoms with van der Waals surface area (Å²) in [5.74, 6) is -5.60. The van der Waals surface area contributed by atoms with Crippen molar-refractivity contribution in [2.24, 2.45) is 16.3 Å². The molecule has 3 atom stereocenters. The van der Waals surface area contributed by atoms with Gasteiger partial charge in [-0.1, -0.05) is 12.1 Å². The molecule has 2 saturated heterocycles. The number of ether oxygens (including phenoxy) is 1. The summed E-state index contributed by atoms with van der Waals surface area (Å²) in [6, 6.07) is 3.11. The first kappa shape index (κ1) is 31.1. The Kier molecular flexibility index (Phi) is 8.70. The van der Waals surface area contributed by atoms with E-state index in [1.54, 1.807) is 56.3 Å². The Morgan fingerprint density at radius 3 is 2.72 bits per heavy atom. The molecule has 232 valence electrons. The lowest BCUT2D eigenvalue weighted by molar-refractivity contribution is -0.147. The molecule has 0 amide bonds. The number of aliphatic imine (C=N–C) groups is 1. The van der Waals surface area contributed by atoms with Crippen LogP contribution in [-0.2, 0) is 14.3 Å². The van der Waals surface area contributed by atoms with E-state index in [-0.39, 0.29) is 25.3 Å². The highest BCUT2D eigenvalue weighted by Crippen LogP contribution is 2.44. The number of nitrogens with zero attached hydrogens (tertiary/aromatic N) is 4. The molecule has 3 aliphatic rings. The molecular weight excluding hydrogens is 583 g/mol. The SMILES string of the molecule is CCOC(=O)C1=C(CN2CC(F)(F)[C@H]3CN(CCC(C)(C)C(=O)O)C[C@H]32)NC(c2nccs2)=N[C@H]1c1cccc(F)c1C. The normalized spacial score (nSPS) is 24.1. The van der Waals surface area contributed by atoms with Crippen molar-refractivity contribution in [2.45, 2.75) is 52.1 Å². The van der Waals surface area contributed by atoms with Gasteiger partial charge >= 0.3 is 11.9 Å². The minimum absolute atomic E-state index is 0.0192. The Labute approximate surface area is 252 Å². The quantitative estimate of drug-likeness (QED) is 0.381. The molecule has 0 radical (unpaired) electrons. The molecule has 0 aliphatic carbocycles. The number of thiazole rings is 1. The molecule has 2 fully saturated rings. The van der Waals surface area contributed by atoms with Crippen molar-refractivity contribution in [1.29, 1.82) is 0 Å². The Morgan fingerprint density at radius 2 is 2.05 bits per heavy atom. The fourth-order valence-corrected chi connectivity index (χ4v) is 6.61. The Balaban J connectivity index is 1.50. The molecule has 5 rings (SSSR count). The lowest BCUT2D eigenvalue weighted by atomic mass is 9.89. The number of carbonyl (C=O) groups is 2. The minimum atomic E-state index is -2.98. The van der Waals surface area contributed by atoms with Gasteiger partial charge in [-0.2, -0.15) is 0 Å². The number of carboxylic acid groups (broad SMARTS) is 1. The first-order valence-electron chi connectivity index (χ1n) is 14.3. The van der Waals surface area contributed by atoms with E-state index in [0.29, 0.717) is 47.2 Å². The molecular formula is C30H36F3N5O4S. The number of carbonyl (C=O) groups excluding carboxylic acids is 1. The van der Waals surface area contributed by atoms with Gasteiger partial charge in [-0.25, -0.2) is 22.9 Å². The third-order valence-corrected chi connectivity index (χ3v) is 9.42. The predicted molar refractivity (Wildman–Crippen MR) is 156 cm³/mol. The molecule has 3 aliphatic heterocycles. The Morgan fingerprint density at radius 1 is 1.28 bits per heavy atom. The van der Waals surface area contributed by atoms with E-state index in [0.717, 1.165) is 0 Å². The Hall–Kier alpha value is -3.29. The maximum atomic E-state index is 15.4. The summed E-state index contributed by atoms with van der Waals surface area (Å²) in [6.07, 6.45) is 1.94. The maximum Gasteiger partial charge on any atom is 0.338 e. The number of rotatable bonds is 10. The van der Waals surface area contributed by atoms with E-state index < -0.39 is 53.6 Å². The molecule has 4 heterocycles. The van der Waals surface area contributed by atoms with Gasteiger partial charge in [0.1, 0.15) is 11.9 Å². The van der Waals surface area contributed by atoms with Crippen LogP contribution >= 0.6 is 11.3 Å². The second kappa shape index (κ2) is 12.0.